The van der Waals surface area contributed by atoms with Crippen LogP contribution in [0.3, 0.4) is 0 Å². The van der Waals surface area contributed by atoms with Crippen LogP contribution in [0.2, 0.25) is 0 Å². The van der Waals surface area contributed by atoms with Crippen LogP contribution in [-0.2, 0) is 11.2 Å². The molecule has 3 amide bonds. The first-order chi connectivity index (χ1) is 11.4. The van der Waals surface area contributed by atoms with Crippen LogP contribution in [0.15, 0.2) is 36.7 Å². The Labute approximate surface area is 141 Å². The molecule has 0 bridgehead atoms. The van der Waals surface area contributed by atoms with Gasteiger partial charge in [0.25, 0.3) is 0 Å². The highest BCUT2D eigenvalue weighted by Crippen LogP contribution is 2.11. The van der Waals surface area contributed by atoms with Gasteiger partial charge in [-0.05, 0) is 38.0 Å². The number of carbonyl (C=O) groups excluding carboxylic acids is 2. The topological polar surface area (TPSA) is 88.1 Å². The molecule has 0 fully saturated rings. The summed E-state index contributed by atoms with van der Waals surface area (Å²) in [4.78, 5) is 22.8. The van der Waals surface area contributed by atoms with E-state index < -0.39 is 0 Å². The van der Waals surface area contributed by atoms with Crippen LogP contribution in [-0.4, -0.2) is 28.3 Å². The lowest BCUT2D eigenvalue weighted by molar-refractivity contribution is -0.114. The summed E-state index contributed by atoms with van der Waals surface area (Å²) < 4.78 is 1.78. The lowest BCUT2D eigenvalue weighted by atomic mass is 10.1. The molecular weight excluding hydrogens is 306 g/mol. The first-order valence-electron chi connectivity index (χ1n) is 7.89. The third kappa shape index (κ3) is 5.42. The summed E-state index contributed by atoms with van der Waals surface area (Å²) in [6, 6.07) is 7.54. The molecule has 2 aromatic rings. The molecule has 0 saturated carbocycles. The fraction of sp³-hybridized carbons (Fsp3) is 0.353. The molecule has 3 N–H and O–H groups in total. The Morgan fingerprint density at radius 1 is 1.12 bits per heavy atom. The molecule has 0 aliphatic carbocycles. The van der Waals surface area contributed by atoms with Gasteiger partial charge in [-0.15, -0.1) is 0 Å². The van der Waals surface area contributed by atoms with Gasteiger partial charge in [-0.2, -0.15) is 5.10 Å². The molecule has 0 radical (unpaired) electrons. The Balaban J connectivity index is 1.74. The number of hydrogen-bond donors (Lipinski definition) is 3. The van der Waals surface area contributed by atoms with Crippen molar-refractivity contribution < 1.29 is 9.59 Å². The van der Waals surface area contributed by atoms with Gasteiger partial charge < -0.3 is 16.0 Å². The van der Waals surface area contributed by atoms with E-state index in [4.69, 9.17) is 0 Å². The highest BCUT2D eigenvalue weighted by molar-refractivity contribution is 5.89. The fourth-order valence-corrected chi connectivity index (χ4v) is 2.14. The van der Waals surface area contributed by atoms with Gasteiger partial charge in [-0.25, -0.2) is 4.79 Å². The molecule has 0 unspecified atom stereocenters. The van der Waals surface area contributed by atoms with Crippen LogP contribution in [0.5, 0.6) is 0 Å². The molecule has 0 aliphatic heterocycles. The monoisotopic (exact) mass is 329 g/mol. The number of benzene rings is 1. The zero-order valence-corrected chi connectivity index (χ0v) is 14.2. The zero-order chi connectivity index (χ0) is 17.5. The number of hydrogen-bond acceptors (Lipinski definition) is 3. The largest absolute Gasteiger partial charge is 0.338 e. The molecule has 0 spiro atoms. The molecule has 1 heterocycles. The summed E-state index contributed by atoms with van der Waals surface area (Å²) in [5.41, 5.74) is 2.51. The van der Waals surface area contributed by atoms with E-state index in [-0.39, 0.29) is 18.0 Å². The Bertz CT molecular complexity index is 691. The smallest absolute Gasteiger partial charge is 0.319 e. The van der Waals surface area contributed by atoms with Crippen molar-refractivity contribution >= 4 is 23.3 Å². The SMILES string of the molecule is CC(=O)Nc1ccc(CCNC(=O)Nc2cnn(C(C)C)c2)cc1. The number of aromatic nitrogens is 2. The van der Waals surface area contributed by atoms with Crippen LogP contribution in [0.25, 0.3) is 0 Å². The van der Waals surface area contributed by atoms with Gasteiger partial charge >= 0.3 is 6.03 Å². The fourth-order valence-electron chi connectivity index (χ4n) is 2.14. The van der Waals surface area contributed by atoms with Crippen molar-refractivity contribution in [2.24, 2.45) is 0 Å². The number of nitrogens with zero attached hydrogens (tertiary/aromatic N) is 2. The van der Waals surface area contributed by atoms with Crippen molar-refractivity contribution in [1.29, 1.82) is 0 Å². The summed E-state index contributed by atoms with van der Waals surface area (Å²) in [7, 11) is 0. The molecule has 128 valence electrons. The quantitative estimate of drug-likeness (QED) is 0.761. The van der Waals surface area contributed by atoms with E-state index in [1.807, 2.05) is 38.1 Å². The lowest BCUT2D eigenvalue weighted by Gasteiger charge is -2.07. The molecule has 1 aromatic carbocycles. The van der Waals surface area contributed by atoms with Crippen LogP contribution in [0.1, 0.15) is 32.4 Å². The first kappa shape index (κ1) is 17.5. The summed E-state index contributed by atoms with van der Waals surface area (Å²) in [6.45, 7) is 6.03. The average Bonchev–Trinajstić information content (AvgIpc) is 2.97. The molecule has 0 aliphatic rings. The van der Waals surface area contributed by atoms with E-state index in [0.717, 1.165) is 11.3 Å². The van der Waals surface area contributed by atoms with Gasteiger partial charge in [-0.1, -0.05) is 12.1 Å². The van der Waals surface area contributed by atoms with Gasteiger partial charge in [0.15, 0.2) is 0 Å². The summed E-state index contributed by atoms with van der Waals surface area (Å²) in [6.07, 6.45) is 4.13. The number of urea groups is 1. The second kappa shape index (κ2) is 8.14. The Hall–Kier alpha value is -2.83. The van der Waals surface area contributed by atoms with Crippen molar-refractivity contribution in [3.63, 3.8) is 0 Å². The molecule has 7 heteroatoms. The third-order valence-electron chi connectivity index (χ3n) is 3.36. The van der Waals surface area contributed by atoms with Crippen molar-refractivity contribution in [2.75, 3.05) is 17.2 Å². The summed E-state index contributed by atoms with van der Waals surface area (Å²) in [5.74, 6) is -0.0955. The average molecular weight is 329 g/mol. The minimum Gasteiger partial charge on any atom is -0.338 e. The second-order valence-electron chi connectivity index (χ2n) is 5.81. The molecule has 2 rings (SSSR count). The van der Waals surface area contributed by atoms with Crippen molar-refractivity contribution in [3.05, 3.63) is 42.2 Å². The van der Waals surface area contributed by atoms with Gasteiger partial charge in [0.2, 0.25) is 5.91 Å². The van der Waals surface area contributed by atoms with Gasteiger partial charge in [0.1, 0.15) is 0 Å². The number of rotatable bonds is 6. The maximum Gasteiger partial charge on any atom is 0.319 e. The number of nitrogens with one attached hydrogen (secondary N) is 3. The standard InChI is InChI=1S/C17H23N5O2/c1-12(2)22-11-16(10-19-22)21-17(24)18-9-8-14-4-6-15(7-5-14)20-13(3)23/h4-7,10-12H,8-9H2,1-3H3,(H,20,23)(H2,18,21,24). The third-order valence-corrected chi connectivity index (χ3v) is 3.36. The maximum absolute atomic E-state index is 11.9. The molecule has 1 aromatic heterocycles. The van der Waals surface area contributed by atoms with E-state index in [0.29, 0.717) is 18.7 Å². The zero-order valence-electron chi connectivity index (χ0n) is 14.2. The Kier molecular flexibility index (Phi) is 5.95. The van der Waals surface area contributed by atoms with Crippen molar-refractivity contribution in [2.45, 2.75) is 33.2 Å². The molecule has 24 heavy (non-hydrogen) atoms. The number of amides is 3. The van der Waals surface area contributed by atoms with E-state index in [1.54, 1.807) is 17.1 Å². The van der Waals surface area contributed by atoms with E-state index >= 15 is 0 Å². The predicted octanol–water partition coefficient (Wildman–Crippen LogP) is 2.79. The number of carbonyl (C=O) groups is 2. The van der Waals surface area contributed by atoms with Crippen LogP contribution < -0.4 is 16.0 Å². The van der Waals surface area contributed by atoms with E-state index in [2.05, 4.69) is 21.0 Å². The first-order valence-corrected chi connectivity index (χ1v) is 7.89. The second-order valence-corrected chi connectivity index (χ2v) is 5.81. The minimum absolute atomic E-state index is 0.0955. The highest BCUT2D eigenvalue weighted by atomic mass is 16.2. The highest BCUT2D eigenvalue weighted by Gasteiger charge is 2.05. The van der Waals surface area contributed by atoms with E-state index in [1.165, 1.54) is 6.92 Å². The van der Waals surface area contributed by atoms with Crippen LogP contribution >= 0.6 is 0 Å². The molecule has 7 nitrogen and oxygen atoms in total. The van der Waals surface area contributed by atoms with Crippen LogP contribution in [0.4, 0.5) is 16.2 Å². The number of anilines is 2. The lowest BCUT2D eigenvalue weighted by Crippen LogP contribution is -2.30. The maximum atomic E-state index is 11.9. The van der Waals surface area contributed by atoms with Gasteiger partial charge in [0.05, 0.1) is 11.9 Å². The van der Waals surface area contributed by atoms with Gasteiger partial charge in [-0.3, -0.25) is 9.48 Å². The normalized spacial score (nSPS) is 10.5. The molecule has 0 saturated heterocycles. The Morgan fingerprint density at radius 3 is 2.42 bits per heavy atom. The van der Waals surface area contributed by atoms with Crippen molar-refractivity contribution in [1.82, 2.24) is 15.1 Å². The Morgan fingerprint density at radius 2 is 1.83 bits per heavy atom. The van der Waals surface area contributed by atoms with Gasteiger partial charge in [0, 0.05) is 31.4 Å². The van der Waals surface area contributed by atoms with Crippen LogP contribution in [0, 0.1) is 0 Å². The minimum atomic E-state index is -0.256. The molecular formula is C17H23N5O2. The summed E-state index contributed by atoms with van der Waals surface area (Å²) >= 11 is 0. The van der Waals surface area contributed by atoms with E-state index in [9.17, 15) is 9.59 Å². The molecule has 0 atom stereocenters. The summed E-state index contributed by atoms with van der Waals surface area (Å²) in [5, 5.41) is 12.4. The predicted molar refractivity (Wildman–Crippen MR) is 94.1 cm³/mol. The van der Waals surface area contributed by atoms with Crippen molar-refractivity contribution in [3.8, 4) is 0 Å².